The van der Waals surface area contributed by atoms with E-state index in [-0.39, 0.29) is 17.0 Å². The van der Waals surface area contributed by atoms with Crippen LogP contribution in [0, 0.1) is 11.6 Å². The van der Waals surface area contributed by atoms with Gasteiger partial charge in [-0.1, -0.05) is 18.7 Å². The number of carbonyl (C=O) groups is 1. The van der Waals surface area contributed by atoms with Crippen LogP contribution in [0.25, 0.3) is 0 Å². The van der Waals surface area contributed by atoms with Gasteiger partial charge in [0.1, 0.15) is 11.6 Å². The SMILES string of the molecule is CCCn1c(SCC(=O)c2ccc(F)cc2F)n[nH]c1=O. The summed E-state index contributed by atoms with van der Waals surface area (Å²) in [5.41, 5.74) is -0.524. The number of nitrogens with one attached hydrogen (secondary N) is 1. The van der Waals surface area contributed by atoms with Gasteiger partial charge < -0.3 is 0 Å². The van der Waals surface area contributed by atoms with Crippen LogP contribution in [0.15, 0.2) is 28.2 Å². The number of benzene rings is 1. The quantitative estimate of drug-likeness (QED) is 0.656. The predicted octanol–water partition coefficient (Wildman–Crippen LogP) is 2.23. The molecule has 0 radical (unpaired) electrons. The largest absolute Gasteiger partial charge is 0.343 e. The lowest BCUT2D eigenvalue weighted by molar-refractivity contribution is 0.101. The molecule has 0 aliphatic carbocycles. The lowest BCUT2D eigenvalue weighted by atomic mass is 10.1. The van der Waals surface area contributed by atoms with Gasteiger partial charge in [0.15, 0.2) is 10.9 Å². The number of halogens is 2. The fourth-order valence-electron chi connectivity index (χ4n) is 1.76. The van der Waals surface area contributed by atoms with Crippen LogP contribution in [0.3, 0.4) is 0 Å². The highest BCUT2D eigenvalue weighted by molar-refractivity contribution is 7.99. The van der Waals surface area contributed by atoms with Gasteiger partial charge in [0.2, 0.25) is 0 Å². The number of Topliss-reactive ketones (excluding diaryl/α,β-unsaturated/α-hetero) is 1. The second-order valence-electron chi connectivity index (χ2n) is 4.30. The Hall–Kier alpha value is -1.96. The van der Waals surface area contributed by atoms with Crippen LogP contribution in [0.5, 0.6) is 0 Å². The van der Waals surface area contributed by atoms with Gasteiger partial charge in [-0.05, 0) is 18.6 Å². The molecule has 1 heterocycles. The highest BCUT2D eigenvalue weighted by Crippen LogP contribution is 2.17. The highest BCUT2D eigenvalue weighted by atomic mass is 32.2. The van der Waals surface area contributed by atoms with E-state index in [1.165, 1.54) is 4.57 Å². The molecule has 8 heteroatoms. The van der Waals surface area contributed by atoms with Gasteiger partial charge in [-0.25, -0.2) is 18.7 Å². The summed E-state index contributed by atoms with van der Waals surface area (Å²) in [4.78, 5) is 23.4. The summed E-state index contributed by atoms with van der Waals surface area (Å²) in [6, 6.07) is 2.80. The van der Waals surface area contributed by atoms with Gasteiger partial charge in [-0.3, -0.25) is 9.36 Å². The van der Waals surface area contributed by atoms with Crippen LogP contribution >= 0.6 is 11.8 Å². The number of H-pyrrole nitrogens is 1. The molecular weight excluding hydrogens is 300 g/mol. The Kier molecular flexibility index (Phi) is 4.89. The summed E-state index contributed by atoms with van der Waals surface area (Å²) >= 11 is 1.03. The van der Waals surface area contributed by atoms with Crippen LogP contribution in [0.1, 0.15) is 23.7 Å². The molecule has 5 nitrogen and oxygen atoms in total. The van der Waals surface area contributed by atoms with Crippen molar-refractivity contribution >= 4 is 17.5 Å². The first-order chi connectivity index (χ1) is 10.0. The van der Waals surface area contributed by atoms with Gasteiger partial charge in [0.05, 0.1) is 11.3 Å². The summed E-state index contributed by atoms with van der Waals surface area (Å²) in [6.07, 6.45) is 0.744. The average Bonchev–Trinajstić information content (AvgIpc) is 2.78. The first-order valence-electron chi connectivity index (χ1n) is 6.29. The molecule has 0 aliphatic rings. The fourth-order valence-corrected chi connectivity index (χ4v) is 2.61. The smallest absolute Gasteiger partial charge is 0.293 e. The molecule has 0 saturated heterocycles. The Morgan fingerprint density at radius 1 is 1.43 bits per heavy atom. The second-order valence-corrected chi connectivity index (χ2v) is 5.24. The normalized spacial score (nSPS) is 10.8. The van der Waals surface area contributed by atoms with E-state index in [9.17, 15) is 18.4 Å². The van der Waals surface area contributed by atoms with Crippen LogP contribution < -0.4 is 5.69 Å². The maximum absolute atomic E-state index is 13.5. The van der Waals surface area contributed by atoms with Crippen molar-refractivity contribution in [2.45, 2.75) is 25.0 Å². The zero-order valence-corrected chi connectivity index (χ0v) is 12.0. The van der Waals surface area contributed by atoms with E-state index in [0.29, 0.717) is 17.8 Å². The lowest BCUT2D eigenvalue weighted by Crippen LogP contribution is -2.17. The third kappa shape index (κ3) is 3.57. The minimum atomic E-state index is -0.895. The number of aromatic amines is 1. The van der Waals surface area contributed by atoms with Gasteiger partial charge in [0, 0.05) is 12.6 Å². The minimum Gasteiger partial charge on any atom is -0.293 e. The minimum absolute atomic E-state index is 0.0867. The number of carbonyl (C=O) groups excluding carboxylic acids is 1. The van der Waals surface area contributed by atoms with Crippen LogP contribution in [-0.2, 0) is 6.54 Å². The molecule has 0 amide bonds. The summed E-state index contributed by atoms with van der Waals surface area (Å²) in [7, 11) is 0. The van der Waals surface area contributed by atoms with Crippen molar-refractivity contribution in [3.05, 3.63) is 45.9 Å². The first-order valence-corrected chi connectivity index (χ1v) is 7.27. The zero-order valence-electron chi connectivity index (χ0n) is 11.2. The predicted molar refractivity (Wildman–Crippen MR) is 74.6 cm³/mol. The number of thioether (sulfide) groups is 1. The Labute approximate surface area is 123 Å². The molecule has 0 bridgehead atoms. The van der Waals surface area contributed by atoms with Crippen molar-refractivity contribution in [3.63, 3.8) is 0 Å². The monoisotopic (exact) mass is 313 g/mol. The molecule has 2 aromatic rings. The average molecular weight is 313 g/mol. The topological polar surface area (TPSA) is 67.8 Å². The standard InChI is InChI=1S/C13H13F2N3O2S/c1-2-5-18-12(20)16-17-13(18)21-7-11(19)9-4-3-8(14)6-10(9)15/h3-4,6H,2,5,7H2,1H3,(H,16,20). The summed E-state index contributed by atoms with van der Waals surface area (Å²) in [6.45, 7) is 2.39. The van der Waals surface area contributed by atoms with E-state index in [2.05, 4.69) is 10.2 Å². The maximum atomic E-state index is 13.5. The number of hydrogen-bond donors (Lipinski definition) is 1. The van der Waals surface area contributed by atoms with Crippen molar-refractivity contribution in [1.82, 2.24) is 14.8 Å². The van der Waals surface area contributed by atoms with Crippen LogP contribution in [0.2, 0.25) is 0 Å². The zero-order chi connectivity index (χ0) is 15.4. The van der Waals surface area contributed by atoms with E-state index in [1.54, 1.807) is 0 Å². The third-order valence-electron chi connectivity index (χ3n) is 2.73. The molecular formula is C13H13F2N3O2S. The molecule has 1 N–H and O–H groups in total. The molecule has 21 heavy (non-hydrogen) atoms. The molecule has 1 aromatic heterocycles. The maximum Gasteiger partial charge on any atom is 0.343 e. The van der Waals surface area contributed by atoms with Crippen LogP contribution in [-0.4, -0.2) is 26.3 Å². The Morgan fingerprint density at radius 2 is 2.19 bits per heavy atom. The van der Waals surface area contributed by atoms with Crippen molar-refractivity contribution in [3.8, 4) is 0 Å². The Balaban J connectivity index is 2.09. The number of aromatic nitrogens is 3. The van der Waals surface area contributed by atoms with Crippen molar-refractivity contribution < 1.29 is 13.6 Å². The molecule has 2 rings (SSSR count). The molecule has 0 fully saturated rings. The van der Waals surface area contributed by atoms with Crippen molar-refractivity contribution in [2.24, 2.45) is 0 Å². The number of rotatable bonds is 6. The van der Waals surface area contributed by atoms with E-state index in [0.717, 1.165) is 30.3 Å². The summed E-state index contributed by atoms with van der Waals surface area (Å²) < 4.78 is 27.7. The fraction of sp³-hybridized carbons (Fsp3) is 0.308. The van der Waals surface area contributed by atoms with Gasteiger partial charge in [-0.2, -0.15) is 0 Å². The molecule has 112 valence electrons. The highest BCUT2D eigenvalue weighted by Gasteiger charge is 2.15. The van der Waals surface area contributed by atoms with Crippen LogP contribution in [0.4, 0.5) is 8.78 Å². The van der Waals surface area contributed by atoms with Gasteiger partial charge >= 0.3 is 5.69 Å². The molecule has 0 saturated carbocycles. The third-order valence-corrected chi connectivity index (χ3v) is 3.71. The number of ketones is 1. The Morgan fingerprint density at radius 3 is 2.86 bits per heavy atom. The Bertz CT molecular complexity index is 712. The number of nitrogens with zero attached hydrogens (tertiary/aromatic N) is 2. The van der Waals surface area contributed by atoms with E-state index in [1.807, 2.05) is 6.92 Å². The van der Waals surface area contributed by atoms with E-state index < -0.39 is 17.4 Å². The molecule has 0 spiro atoms. The molecule has 1 aromatic carbocycles. The molecule has 0 unspecified atom stereocenters. The van der Waals surface area contributed by atoms with E-state index in [4.69, 9.17) is 0 Å². The van der Waals surface area contributed by atoms with E-state index >= 15 is 0 Å². The van der Waals surface area contributed by atoms with Crippen molar-refractivity contribution in [1.29, 1.82) is 0 Å². The number of hydrogen-bond acceptors (Lipinski definition) is 4. The first kappa shape index (κ1) is 15.4. The summed E-state index contributed by atoms with van der Waals surface area (Å²) in [5, 5.41) is 6.50. The van der Waals surface area contributed by atoms with Crippen molar-refractivity contribution in [2.75, 3.05) is 5.75 Å². The molecule has 0 atom stereocenters. The van der Waals surface area contributed by atoms with Gasteiger partial charge in [0.25, 0.3) is 0 Å². The second kappa shape index (κ2) is 6.66. The molecule has 0 aliphatic heterocycles. The lowest BCUT2D eigenvalue weighted by Gasteiger charge is -2.04. The van der Waals surface area contributed by atoms with Gasteiger partial charge in [-0.15, -0.1) is 5.10 Å². The summed E-state index contributed by atoms with van der Waals surface area (Å²) in [5.74, 6) is -2.21.